The molecule has 1 atom stereocenters. The number of nitrogens with zero attached hydrogens (tertiary/aromatic N) is 3. The lowest BCUT2D eigenvalue weighted by Gasteiger charge is -2.24. The molecule has 210 valence electrons. The predicted octanol–water partition coefficient (Wildman–Crippen LogP) is 4.52. The van der Waals surface area contributed by atoms with Gasteiger partial charge in [-0.1, -0.05) is 30.3 Å². The van der Waals surface area contributed by atoms with E-state index >= 15 is 0 Å². The highest BCUT2D eigenvalue weighted by atomic mass is 32.1. The molecule has 2 aliphatic heterocycles. The van der Waals surface area contributed by atoms with Crippen LogP contribution in [-0.4, -0.2) is 52.9 Å². The minimum Gasteiger partial charge on any atom is -0.462 e. The fourth-order valence-electron chi connectivity index (χ4n) is 5.02. The van der Waals surface area contributed by atoms with Crippen molar-refractivity contribution < 1.29 is 23.9 Å². The predicted molar refractivity (Wildman–Crippen MR) is 160 cm³/mol. The van der Waals surface area contributed by atoms with E-state index in [1.54, 1.807) is 53.1 Å². The van der Waals surface area contributed by atoms with E-state index in [0.29, 0.717) is 36.4 Å². The first-order valence-electron chi connectivity index (χ1n) is 13.5. The van der Waals surface area contributed by atoms with Crippen molar-refractivity contribution >= 4 is 58.1 Å². The van der Waals surface area contributed by atoms with Gasteiger partial charge in [-0.2, -0.15) is 0 Å². The molecule has 10 heteroatoms. The van der Waals surface area contributed by atoms with Crippen LogP contribution in [0.1, 0.15) is 42.1 Å². The van der Waals surface area contributed by atoms with Crippen LogP contribution in [0.3, 0.4) is 0 Å². The molecule has 0 aliphatic carbocycles. The summed E-state index contributed by atoms with van der Waals surface area (Å²) in [6.45, 7) is 2.98. The Bertz CT molecular complexity index is 1460. The normalized spacial score (nSPS) is 16.9. The smallest absolute Gasteiger partial charge is 0.338 e. The van der Waals surface area contributed by atoms with E-state index in [0.717, 1.165) is 17.7 Å². The highest BCUT2D eigenvalue weighted by Gasteiger charge is 2.44. The molecule has 1 unspecified atom stereocenters. The second-order valence-corrected chi connectivity index (χ2v) is 10.2. The molecule has 1 N–H and O–H groups in total. The molecule has 0 aromatic heterocycles. The van der Waals surface area contributed by atoms with E-state index in [1.165, 1.54) is 4.90 Å². The van der Waals surface area contributed by atoms with E-state index in [-0.39, 0.29) is 35.9 Å². The second-order valence-electron chi connectivity index (χ2n) is 9.80. The molecule has 2 saturated heterocycles. The largest absolute Gasteiger partial charge is 0.462 e. The van der Waals surface area contributed by atoms with Gasteiger partial charge in [0, 0.05) is 30.9 Å². The molecule has 0 bridgehead atoms. The van der Waals surface area contributed by atoms with Crippen molar-refractivity contribution in [1.29, 1.82) is 0 Å². The summed E-state index contributed by atoms with van der Waals surface area (Å²) >= 11 is 5.79. The minimum atomic E-state index is -0.837. The van der Waals surface area contributed by atoms with Gasteiger partial charge in [-0.15, -0.1) is 0 Å². The van der Waals surface area contributed by atoms with Crippen molar-refractivity contribution in [2.75, 3.05) is 28.3 Å². The first kappa shape index (κ1) is 28.0. The summed E-state index contributed by atoms with van der Waals surface area (Å²) in [4.78, 5) is 56.0. The summed E-state index contributed by atoms with van der Waals surface area (Å²) in [5.74, 6) is -0.991. The van der Waals surface area contributed by atoms with Crippen LogP contribution < -0.4 is 15.1 Å². The molecule has 3 aromatic carbocycles. The van der Waals surface area contributed by atoms with Gasteiger partial charge in [0.1, 0.15) is 6.04 Å². The van der Waals surface area contributed by atoms with Crippen molar-refractivity contribution in [3.63, 3.8) is 0 Å². The van der Waals surface area contributed by atoms with Crippen molar-refractivity contribution in [2.45, 2.75) is 38.8 Å². The molecule has 3 amide bonds. The third kappa shape index (κ3) is 6.12. The number of hydrogen-bond acceptors (Lipinski definition) is 6. The molecule has 9 nitrogen and oxygen atoms in total. The van der Waals surface area contributed by atoms with Crippen LogP contribution in [-0.2, 0) is 25.7 Å². The zero-order chi connectivity index (χ0) is 28.9. The van der Waals surface area contributed by atoms with E-state index in [2.05, 4.69) is 5.32 Å². The average Bonchev–Trinajstić information content (AvgIpc) is 3.50. The number of carbonyl (C=O) groups excluding carboxylic acids is 4. The first-order valence-corrected chi connectivity index (χ1v) is 13.9. The molecule has 41 heavy (non-hydrogen) atoms. The van der Waals surface area contributed by atoms with E-state index in [9.17, 15) is 19.2 Å². The molecule has 0 saturated carbocycles. The fourth-order valence-corrected chi connectivity index (χ4v) is 5.41. The molecule has 2 aliphatic rings. The summed E-state index contributed by atoms with van der Waals surface area (Å²) in [7, 11) is 0. The highest BCUT2D eigenvalue weighted by molar-refractivity contribution is 7.80. The van der Waals surface area contributed by atoms with Crippen molar-refractivity contribution in [3.05, 3.63) is 90.0 Å². The zero-order valence-corrected chi connectivity index (χ0v) is 23.4. The zero-order valence-electron chi connectivity index (χ0n) is 22.6. The number of anilines is 3. The summed E-state index contributed by atoms with van der Waals surface area (Å²) in [6.07, 6.45) is 1.29. The maximum absolute atomic E-state index is 13.8. The molecule has 0 radical (unpaired) electrons. The number of ether oxygens (including phenoxy) is 1. The van der Waals surface area contributed by atoms with Gasteiger partial charge >= 0.3 is 5.97 Å². The van der Waals surface area contributed by atoms with Gasteiger partial charge in [-0.25, -0.2) is 4.79 Å². The first-order chi connectivity index (χ1) is 19.9. The fraction of sp³-hybridized carbons (Fsp3) is 0.258. The Morgan fingerprint density at radius 1 is 0.951 bits per heavy atom. The number of amides is 3. The number of esters is 1. The molecular formula is C31H30N4O5S. The third-order valence-corrected chi connectivity index (χ3v) is 7.48. The Balaban J connectivity index is 1.39. The van der Waals surface area contributed by atoms with Crippen molar-refractivity contribution in [1.82, 2.24) is 4.90 Å². The van der Waals surface area contributed by atoms with E-state index < -0.39 is 12.0 Å². The van der Waals surface area contributed by atoms with E-state index in [4.69, 9.17) is 17.0 Å². The molecular weight excluding hydrogens is 540 g/mol. The van der Waals surface area contributed by atoms with Crippen LogP contribution in [0.2, 0.25) is 0 Å². The number of benzene rings is 3. The van der Waals surface area contributed by atoms with Gasteiger partial charge in [0.15, 0.2) is 5.11 Å². The topological polar surface area (TPSA) is 99.3 Å². The number of hydrogen-bond donors (Lipinski definition) is 1. The van der Waals surface area contributed by atoms with Crippen LogP contribution in [0.4, 0.5) is 17.1 Å². The van der Waals surface area contributed by atoms with Crippen LogP contribution in [0, 0.1) is 0 Å². The monoisotopic (exact) mass is 570 g/mol. The standard InChI is InChI=1S/C31H30N4O5S/c1-2-40-30(39)22-12-16-25(17-13-22)35-29(38)26(19-27(36)32-23-7-4-3-5-8-23)34(31(35)41)20-21-10-14-24(15-11-21)33-18-6-9-28(33)37/h3-5,7-8,10-17,26H,2,6,9,18-20H2,1H3,(H,32,36). The highest BCUT2D eigenvalue weighted by Crippen LogP contribution is 2.30. The lowest BCUT2D eigenvalue weighted by atomic mass is 10.1. The molecule has 3 aromatic rings. The number of thiocarbonyl (C=S) groups is 1. The average molecular weight is 571 g/mol. The SMILES string of the molecule is CCOC(=O)c1ccc(N2C(=O)C(CC(=O)Nc3ccccc3)N(Cc3ccc(N4CCCC4=O)cc3)C2=S)cc1. The Morgan fingerprint density at radius 2 is 1.63 bits per heavy atom. The Labute approximate surface area is 243 Å². The number of para-hydroxylation sites is 1. The third-order valence-electron chi connectivity index (χ3n) is 7.07. The van der Waals surface area contributed by atoms with Crippen LogP contribution in [0.5, 0.6) is 0 Å². The Hall–Kier alpha value is -4.57. The van der Waals surface area contributed by atoms with Crippen LogP contribution >= 0.6 is 12.2 Å². The van der Waals surface area contributed by atoms with E-state index in [1.807, 2.05) is 42.5 Å². The minimum absolute atomic E-state index is 0.106. The second kappa shape index (κ2) is 12.3. The summed E-state index contributed by atoms with van der Waals surface area (Å²) in [6, 6.07) is 22.3. The van der Waals surface area contributed by atoms with Gasteiger partial charge in [-0.3, -0.25) is 19.3 Å². The quantitative estimate of drug-likeness (QED) is 0.298. The Kier molecular flexibility index (Phi) is 8.39. The van der Waals surface area contributed by atoms with Gasteiger partial charge < -0.3 is 19.9 Å². The van der Waals surface area contributed by atoms with Crippen molar-refractivity contribution in [3.8, 4) is 0 Å². The number of carbonyl (C=O) groups is 4. The van der Waals surface area contributed by atoms with Gasteiger partial charge in [-0.05, 0) is 79.7 Å². The Morgan fingerprint density at radius 3 is 2.27 bits per heavy atom. The number of rotatable bonds is 9. The van der Waals surface area contributed by atoms with Crippen LogP contribution in [0.15, 0.2) is 78.9 Å². The van der Waals surface area contributed by atoms with Gasteiger partial charge in [0.05, 0.1) is 24.3 Å². The lowest BCUT2D eigenvalue weighted by molar-refractivity contribution is -0.124. The summed E-state index contributed by atoms with van der Waals surface area (Å²) in [5.41, 5.74) is 3.20. The summed E-state index contributed by atoms with van der Waals surface area (Å²) in [5, 5.41) is 3.11. The lowest BCUT2D eigenvalue weighted by Crippen LogP contribution is -2.37. The van der Waals surface area contributed by atoms with Crippen molar-refractivity contribution in [2.24, 2.45) is 0 Å². The summed E-state index contributed by atoms with van der Waals surface area (Å²) < 4.78 is 5.06. The van der Waals surface area contributed by atoms with Crippen LogP contribution in [0.25, 0.3) is 0 Å². The maximum Gasteiger partial charge on any atom is 0.338 e. The molecule has 2 heterocycles. The number of nitrogens with one attached hydrogen (secondary N) is 1. The van der Waals surface area contributed by atoms with Gasteiger partial charge in [0.2, 0.25) is 11.8 Å². The van der Waals surface area contributed by atoms with Gasteiger partial charge in [0.25, 0.3) is 5.91 Å². The molecule has 2 fully saturated rings. The molecule has 5 rings (SSSR count). The molecule has 0 spiro atoms. The maximum atomic E-state index is 13.8.